The zero-order chi connectivity index (χ0) is 20.3. The maximum absolute atomic E-state index is 12.5. The second kappa shape index (κ2) is 8.22. The summed E-state index contributed by atoms with van der Waals surface area (Å²) in [4.78, 5) is 37.0. The van der Waals surface area contributed by atoms with E-state index < -0.39 is 24.0 Å². The molecule has 0 fully saturated rings. The molecule has 0 saturated heterocycles. The third-order valence-corrected chi connectivity index (χ3v) is 5.06. The molecular formula is C19H20N4O4S. The van der Waals surface area contributed by atoms with E-state index in [1.54, 1.807) is 17.7 Å². The number of urea groups is 1. The van der Waals surface area contributed by atoms with E-state index in [4.69, 9.17) is 4.74 Å². The molecule has 1 atom stereocenters. The standard InChI is InChI=1S/C19H20N4O4S/c1-4-20-19(26)21-16(24)12(3)27-18(25)15-10-14-11(2)22-23(17(14)28-15)13-8-6-5-7-9-13/h5-10,12H,4H2,1-3H3,(H2,20,21,24,26)/t12-/m0/s1. The van der Waals surface area contributed by atoms with Crippen LogP contribution in [0.2, 0.25) is 0 Å². The number of esters is 1. The van der Waals surface area contributed by atoms with Crippen molar-refractivity contribution in [2.45, 2.75) is 26.9 Å². The van der Waals surface area contributed by atoms with Crippen LogP contribution < -0.4 is 10.6 Å². The number of carbonyl (C=O) groups excluding carboxylic acids is 3. The molecule has 0 bridgehead atoms. The number of thiophene rings is 1. The molecule has 3 aromatic rings. The molecule has 0 spiro atoms. The Morgan fingerprint density at radius 3 is 2.64 bits per heavy atom. The van der Waals surface area contributed by atoms with Gasteiger partial charge in [-0.1, -0.05) is 18.2 Å². The van der Waals surface area contributed by atoms with E-state index in [-0.39, 0.29) is 0 Å². The predicted molar refractivity (Wildman–Crippen MR) is 106 cm³/mol. The Morgan fingerprint density at radius 1 is 1.25 bits per heavy atom. The van der Waals surface area contributed by atoms with Gasteiger partial charge in [0.25, 0.3) is 5.91 Å². The van der Waals surface area contributed by atoms with Gasteiger partial charge >= 0.3 is 12.0 Å². The molecule has 2 aromatic heterocycles. The highest BCUT2D eigenvalue weighted by Gasteiger charge is 2.23. The van der Waals surface area contributed by atoms with E-state index in [1.165, 1.54) is 18.3 Å². The molecule has 28 heavy (non-hydrogen) atoms. The van der Waals surface area contributed by atoms with Crippen LogP contribution in [-0.4, -0.2) is 40.3 Å². The van der Waals surface area contributed by atoms with Crippen LogP contribution in [0.15, 0.2) is 36.4 Å². The van der Waals surface area contributed by atoms with Gasteiger partial charge in [-0.05, 0) is 39.0 Å². The number of hydrogen-bond donors (Lipinski definition) is 2. The number of fused-ring (bicyclic) bond motifs is 1. The smallest absolute Gasteiger partial charge is 0.349 e. The summed E-state index contributed by atoms with van der Waals surface area (Å²) in [5, 5.41) is 9.94. The molecule has 0 saturated carbocycles. The zero-order valence-corrected chi connectivity index (χ0v) is 16.5. The van der Waals surface area contributed by atoms with Gasteiger partial charge in [-0.15, -0.1) is 11.3 Å². The molecule has 8 nitrogen and oxygen atoms in total. The van der Waals surface area contributed by atoms with Gasteiger partial charge in [0.2, 0.25) is 0 Å². The first-order chi connectivity index (χ1) is 13.4. The summed E-state index contributed by atoms with van der Waals surface area (Å²) in [6.07, 6.45) is -1.10. The van der Waals surface area contributed by atoms with Gasteiger partial charge in [0, 0.05) is 11.9 Å². The van der Waals surface area contributed by atoms with Crippen LogP contribution in [0.1, 0.15) is 29.2 Å². The van der Waals surface area contributed by atoms with Crippen LogP contribution >= 0.6 is 11.3 Å². The number of nitrogens with one attached hydrogen (secondary N) is 2. The summed E-state index contributed by atoms with van der Waals surface area (Å²) < 4.78 is 6.99. The highest BCUT2D eigenvalue weighted by atomic mass is 32.1. The predicted octanol–water partition coefficient (Wildman–Crippen LogP) is 2.79. The van der Waals surface area contributed by atoms with Crippen LogP contribution in [0, 0.1) is 6.92 Å². The van der Waals surface area contributed by atoms with Crippen molar-refractivity contribution in [3.05, 3.63) is 47.0 Å². The van der Waals surface area contributed by atoms with Crippen LogP contribution in [-0.2, 0) is 9.53 Å². The van der Waals surface area contributed by atoms with Gasteiger partial charge in [0.1, 0.15) is 9.71 Å². The number of hydrogen-bond acceptors (Lipinski definition) is 6. The topological polar surface area (TPSA) is 102 Å². The van der Waals surface area contributed by atoms with E-state index in [0.29, 0.717) is 11.4 Å². The van der Waals surface area contributed by atoms with Crippen LogP contribution in [0.4, 0.5) is 4.79 Å². The molecule has 0 unspecified atom stereocenters. The molecule has 2 N–H and O–H groups in total. The lowest BCUT2D eigenvalue weighted by atomic mass is 10.3. The minimum atomic E-state index is -1.10. The number of rotatable bonds is 5. The molecule has 9 heteroatoms. The fraction of sp³-hybridized carbons (Fsp3) is 0.263. The van der Waals surface area contributed by atoms with Gasteiger partial charge in [0.05, 0.1) is 11.4 Å². The summed E-state index contributed by atoms with van der Waals surface area (Å²) in [5.74, 6) is -1.31. The van der Waals surface area contributed by atoms with Crippen molar-refractivity contribution in [3.63, 3.8) is 0 Å². The number of aromatic nitrogens is 2. The first kappa shape index (κ1) is 19.6. The van der Waals surface area contributed by atoms with Crippen molar-refractivity contribution in [2.24, 2.45) is 0 Å². The monoisotopic (exact) mass is 400 g/mol. The van der Waals surface area contributed by atoms with E-state index in [2.05, 4.69) is 15.7 Å². The number of benzene rings is 1. The first-order valence-electron chi connectivity index (χ1n) is 8.75. The number of carbonyl (C=O) groups is 3. The minimum Gasteiger partial charge on any atom is -0.448 e. The van der Waals surface area contributed by atoms with Crippen molar-refractivity contribution >= 4 is 39.5 Å². The summed E-state index contributed by atoms with van der Waals surface area (Å²) in [6, 6.07) is 10.7. The Morgan fingerprint density at radius 2 is 1.96 bits per heavy atom. The molecule has 146 valence electrons. The molecule has 0 aliphatic carbocycles. The number of para-hydroxylation sites is 1. The first-order valence-corrected chi connectivity index (χ1v) is 9.56. The third kappa shape index (κ3) is 4.04. The van der Waals surface area contributed by atoms with E-state index in [1.807, 2.05) is 37.3 Å². The second-order valence-electron chi connectivity index (χ2n) is 6.06. The number of ether oxygens (including phenoxy) is 1. The Kier molecular flexibility index (Phi) is 5.74. The van der Waals surface area contributed by atoms with Gasteiger partial charge in [-0.25, -0.2) is 14.3 Å². The van der Waals surface area contributed by atoms with Crippen molar-refractivity contribution < 1.29 is 19.1 Å². The van der Waals surface area contributed by atoms with Crippen LogP contribution in [0.25, 0.3) is 15.9 Å². The lowest BCUT2D eigenvalue weighted by Gasteiger charge is -2.12. The Labute approximate surface area is 165 Å². The largest absolute Gasteiger partial charge is 0.448 e. The average Bonchev–Trinajstić information content (AvgIpc) is 3.23. The highest BCUT2D eigenvalue weighted by Crippen LogP contribution is 2.30. The van der Waals surface area contributed by atoms with Crippen molar-refractivity contribution in [2.75, 3.05) is 6.54 Å². The summed E-state index contributed by atoms with van der Waals surface area (Å²) in [7, 11) is 0. The Balaban J connectivity index is 1.77. The van der Waals surface area contributed by atoms with Gasteiger partial charge in [-0.2, -0.15) is 5.10 Å². The zero-order valence-electron chi connectivity index (χ0n) is 15.7. The summed E-state index contributed by atoms with van der Waals surface area (Å²) >= 11 is 1.24. The molecular weight excluding hydrogens is 380 g/mol. The average molecular weight is 400 g/mol. The molecule has 2 heterocycles. The fourth-order valence-corrected chi connectivity index (χ4v) is 3.65. The van der Waals surface area contributed by atoms with E-state index in [0.717, 1.165) is 21.6 Å². The fourth-order valence-electron chi connectivity index (χ4n) is 2.58. The number of amides is 3. The Hall–Kier alpha value is -3.20. The van der Waals surface area contributed by atoms with Gasteiger partial charge in [-0.3, -0.25) is 10.1 Å². The molecule has 3 amide bonds. The lowest BCUT2D eigenvalue weighted by molar-refractivity contribution is -0.127. The summed E-state index contributed by atoms with van der Waals surface area (Å²) in [5.41, 5.74) is 1.67. The number of imide groups is 1. The molecule has 1 aromatic carbocycles. The minimum absolute atomic E-state index is 0.359. The maximum atomic E-state index is 12.5. The van der Waals surface area contributed by atoms with E-state index in [9.17, 15) is 14.4 Å². The summed E-state index contributed by atoms with van der Waals surface area (Å²) in [6.45, 7) is 5.39. The van der Waals surface area contributed by atoms with Gasteiger partial charge < -0.3 is 10.1 Å². The second-order valence-corrected chi connectivity index (χ2v) is 7.09. The quantitative estimate of drug-likeness (QED) is 0.641. The third-order valence-electron chi connectivity index (χ3n) is 3.97. The van der Waals surface area contributed by atoms with Gasteiger partial charge in [0.15, 0.2) is 6.10 Å². The lowest BCUT2D eigenvalue weighted by Crippen LogP contribution is -2.44. The molecule has 0 radical (unpaired) electrons. The van der Waals surface area contributed by atoms with Crippen molar-refractivity contribution in [1.82, 2.24) is 20.4 Å². The van der Waals surface area contributed by atoms with Crippen LogP contribution in [0.3, 0.4) is 0 Å². The maximum Gasteiger partial charge on any atom is 0.349 e. The van der Waals surface area contributed by atoms with E-state index >= 15 is 0 Å². The number of aryl methyl sites for hydroxylation is 1. The Bertz CT molecular complexity index is 1030. The normalized spacial score (nSPS) is 11.8. The molecule has 0 aliphatic rings. The van der Waals surface area contributed by atoms with Crippen molar-refractivity contribution in [3.8, 4) is 5.69 Å². The highest BCUT2D eigenvalue weighted by molar-refractivity contribution is 7.20. The SMILES string of the molecule is CCNC(=O)NC(=O)[C@H](C)OC(=O)c1cc2c(C)nn(-c3ccccc3)c2s1. The van der Waals surface area contributed by atoms with Crippen molar-refractivity contribution in [1.29, 1.82) is 0 Å². The molecule has 0 aliphatic heterocycles. The molecule has 3 rings (SSSR count). The van der Waals surface area contributed by atoms with Crippen LogP contribution in [0.5, 0.6) is 0 Å². The number of nitrogens with zero attached hydrogens (tertiary/aromatic N) is 2.